The van der Waals surface area contributed by atoms with E-state index < -0.39 is 21.7 Å². The molecule has 3 saturated heterocycles. The Morgan fingerprint density at radius 2 is 1.65 bits per heavy atom. The predicted molar refractivity (Wildman–Crippen MR) is 92.1 cm³/mol. The summed E-state index contributed by atoms with van der Waals surface area (Å²) in [5.74, 6) is -1.28. The minimum Gasteiger partial charge on any atom is -0.347 e. The van der Waals surface area contributed by atoms with E-state index in [0.717, 1.165) is 4.31 Å². The van der Waals surface area contributed by atoms with Crippen molar-refractivity contribution in [3.63, 3.8) is 0 Å². The number of ether oxygens (including phenoxy) is 2. The Morgan fingerprint density at radius 1 is 1.04 bits per heavy atom. The Kier molecular flexibility index (Phi) is 4.25. The summed E-state index contributed by atoms with van der Waals surface area (Å²) in [7, 11) is -3.60. The van der Waals surface area contributed by atoms with Crippen molar-refractivity contribution < 1.29 is 27.5 Å². The molecule has 2 amide bonds. The molecule has 1 aromatic rings. The number of carbonyl (C=O) groups is 2. The molecule has 3 heterocycles. The van der Waals surface area contributed by atoms with Gasteiger partial charge in [0.1, 0.15) is 0 Å². The number of rotatable bonds is 2. The van der Waals surface area contributed by atoms with Crippen LogP contribution in [-0.4, -0.2) is 63.0 Å². The van der Waals surface area contributed by atoms with Crippen molar-refractivity contribution in [2.24, 2.45) is 0 Å². The molecule has 0 atom stereocenters. The molecule has 3 fully saturated rings. The summed E-state index contributed by atoms with van der Waals surface area (Å²) in [5, 5.41) is 0. The molecule has 0 aromatic heterocycles. The van der Waals surface area contributed by atoms with E-state index in [0.29, 0.717) is 44.7 Å². The number of hydrogen-bond acceptors (Lipinski definition) is 6. The maximum atomic E-state index is 12.7. The molecule has 3 aliphatic rings. The van der Waals surface area contributed by atoms with Crippen molar-refractivity contribution in [1.82, 2.24) is 4.90 Å². The highest BCUT2D eigenvalue weighted by molar-refractivity contribution is 7.94. The van der Waals surface area contributed by atoms with Gasteiger partial charge in [0.05, 0.1) is 24.7 Å². The van der Waals surface area contributed by atoms with Gasteiger partial charge in [0, 0.05) is 37.9 Å². The van der Waals surface area contributed by atoms with Gasteiger partial charge >= 0.3 is 0 Å². The molecule has 0 bridgehead atoms. The fraction of sp³-hybridized carbons (Fsp3) is 0.529. The molecule has 26 heavy (non-hydrogen) atoms. The van der Waals surface area contributed by atoms with E-state index in [2.05, 4.69) is 0 Å². The molecule has 3 aliphatic heterocycles. The molecule has 0 saturated carbocycles. The molecule has 0 radical (unpaired) electrons. The fourth-order valence-corrected chi connectivity index (χ4v) is 5.09. The standard InChI is InChI=1S/C17H20N2O6S/c20-15-5-12-26(22,23)19(15)14-3-1-13(2-4-14)16(21)18-8-6-17(7-9-18)24-10-11-25-17/h1-4H,5-12H2. The van der Waals surface area contributed by atoms with Gasteiger partial charge in [-0.15, -0.1) is 0 Å². The Bertz CT molecular complexity index is 819. The topological polar surface area (TPSA) is 93.2 Å². The molecule has 1 aromatic carbocycles. The van der Waals surface area contributed by atoms with Crippen LogP contribution in [-0.2, 0) is 24.3 Å². The molecule has 4 rings (SSSR count). The second-order valence-corrected chi connectivity index (χ2v) is 8.61. The van der Waals surface area contributed by atoms with Gasteiger partial charge in [-0.05, 0) is 24.3 Å². The monoisotopic (exact) mass is 380 g/mol. The molecular formula is C17H20N2O6S. The lowest BCUT2D eigenvalue weighted by molar-refractivity contribution is -0.181. The molecule has 1 spiro atoms. The Hall–Kier alpha value is -1.97. The number of nitrogens with zero attached hydrogens (tertiary/aromatic N) is 2. The number of piperidine rings is 1. The first kappa shape index (κ1) is 17.4. The van der Waals surface area contributed by atoms with Gasteiger partial charge in [-0.3, -0.25) is 9.59 Å². The SMILES string of the molecule is O=C(c1ccc(N2C(=O)CCS2(=O)=O)cc1)N1CCC2(CC1)OCCO2. The van der Waals surface area contributed by atoms with Gasteiger partial charge in [-0.25, -0.2) is 12.7 Å². The van der Waals surface area contributed by atoms with Crippen LogP contribution in [0.1, 0.15) is 29.6 Å². The van der Waals surface area contributed by atoms with Crippen LogP contribution >= 0.6 is 0 Å². The average Bonchev–Trinajstić information content (AvgIpc) is 3.19. The number of carbonyl (C=O) groups excluding carboxylic acids is 2. The minimum atomic E-state index is -3.60. The van der Waals surface area contributed by atoms with Crippen LogP contribution < -0.4 is 4.31 Å². The second kappa shape index (κ2) is 6.33. The first-order valence-electron chi connectivity index (χ1n) is 8.63. The lowest BCUT2D eigenvalue weighted by Gasteiger charge is -2.37. The van der Waals surface area contributed by atoms with Gasteiger partial charge in [-0.2, -0.15) is 0 Å². The lowest BCUT2D eigenvalue weighted by atomic mass is 10.0. The molecular weight excluding hydrogens is 360 g/mol. The van der Waals surface area contributed by atoms with Crippen molar-refractivity contribution in [2.75, 3.05) is 36.4 Å². The molecule has 9 heteroatoms. The number of likely N-dealkylation sites (tertiary alicyclic amines) is 1. The summed E-state index contributed by atoms with van der Waals surface area (Å²) in [4.78, 5) is 26.2. The van der Waals surface area contributed by atoms with Crippen LogP contribution in [0.4, 0.5) is 5.69 Å². The quantitative estimate of drug-likeness (QED) is 0.751. The van der Waals surface area contributed by atoms with Crippen LogP contribution in [0, 0.1) is 0 Å². The van der Waals surface area contributed by atoms with E-state index in [1.54, 1.807) is 17.0 Å². The lowest BCUT2D eigenvalue weighted by Crippen LogP contribution is -2.47. The number of anilines is 1. The summed E-state index contributed by atoms with van der Waals surface area (Å²) in [5.41, 5.74) is 0.733. The van der Waals surface area contributed by atoms with Crippen molar-refractivity contribution in [3.8, 4) is 0 Å². The summed E-state index contributed by atoms with van der Waals surface area (Å²) in [6, 6.07) is 6.13. The van der Waals surface area contributed by atoms with Gasteiger partial charge in [-0.1, -0.05) is 0 Å². The van der Waals surface area contributed by atoms with Crippen molar-refractivity contribution in [2.45, 2.75) is 25.0 Å². The molecule has 140 valence electrons. The third-order valence-corrected chi connectivity index (χ3v) is 6.74. The molecule has 0 N–H and O–H groups in total. The van der Waals surface area contributed by atoms with Gasteiger partial charge in [0.2, 0.25) is 15.9 Å². The summed E-state index contributed by atoms with van der Waals surface area (Å²) < 4.78 is 36.1. The molecule has 0 aliphatic carbocycles. The highest BCUT2D eigenvalue weighted by atomic mass is 32.2. The summed E-state index contributed by atoms with van der Waals surface area (Å²) in [6.07, 6.45) is 1.26. The fourth-order valence-electron chi connectivity index (χ4n) is 3.63. The van der Waals surface area contributed by atoms with Crippen LogP contribution in [0.2, 0.25) is 0 Å². The predicted octanol–water partition coefficient (Wildman–Crippen LogP) is 0.732. The van der Waals surface area contributed by atoms with Crippen molar-refractivity contribution >= 4 is 27.5 Å². The zero-order valence-corrected chi connectivity index (χ0v) is 15.0. The zero-order valence-electron chi connectivity index (χ0n) is 14.2. The Morgan fingerprint density at radius 3 is 2.19 bits per heavy atom. The smallest absolute Gasteiger partial charge is 0.253 e. The minimum absolute atomic E-state index is 0.0112. The van der Waals surface area contributed by atoms with E-state index in [4.69, 9.17) is 9.47 Å². The Balaban J connectivity index is 1.45. The van der Waals surface area contributed by atoms with Crippen LogP contribution in [0.15, 0.2) is 24.3 Å². The molecule has 0 unspecified atom stereocenters. The van der Waals surface area contributed by atoms with Gasteiger partial charge < -0.3 is 14.4 Å². The maximum absolute atomic E-state index is 12.7. The maximum Gasteiger partial charge on any atom is 0.253 e. The van der Waals surface area contributed by atoms with E-state index in [9.17, 15) is 18.0 Å². The van der Waals surface area contributed by atoms with Crippen LogP contribution in [0.5, 0.6) is 0 Å². The van der Waals surface area contributed by atoms with Crippen molar-refractivity contribution in [1.29, 1.82) is 0 Å². The highest BCUT2D eigenvalue weighted by Crippen LogP contribution is 2.32. The van der Waals surface area contributed by atoms with Gasteiger partial charge in [0.15, 0.2) is 5.79 Å². The number of hydrogen-bond donors (Lipinski definition) is 0. The van der Waals surface area contributed by atoms with Gasteiger partial charge in [0.25, 0.3) is 5.91 Å². The largest absolute Gasteiger partial charge is 0.347 e. The van der Waals surface area contributed by atoms with Crippen LogP contribution in [0.3, 0.4) is 0 Å². The third-order valence-electron chi connectivity index (χ3n) is 5.05. The highest BCUT2D eigenvalue weighted by Gasteiger charge is 2.41. The van der Waals surface area contributed by atoms with E-state index in [-0.39, 0.29) is 23.8 Å². The number of benzene rings is 1. The van der Waals surface area contributed by atoms with E-state index in [1.807, 2.05) is 0 Å². The first-order valence-corrected chi connectivity index (χ1v) is 10.2. The van der Waals surface area contributed by atoms with E-state index in [1.165, 1.54) is 12.1 Å². The first-order chi connectivity index (χ1) is 12.4. The number of sulfonamides is 1. The third kappa shape index (κ3) is 3.00. The normalized spacial score (nSPS) is 24.4. The molecule has 8 nitrogen and oxygen atoms in total. The van der Waals surface area contributed by atoms with E-state index >= 15 is 0 Å². The van der Waals surface area contributed by atoms with Crippen LogP contribution in [0.25, 0.3) is 0 Å². The average molecular weight is 380 g/mol. The summed E-state index contributed by atoms with van der Waals surface area (Å²) in [6.45, 7) is 2.26. The summed E-state index contributed by atoms with van der Waals surface area (Å²) >= 11 is 0. The van der Waals surface area contributed by atoms with Crippen molar-refractivity contribution in [3.05, 3.63) is 29.8 Å². The second-order valence-electron chi connectivity index (χ2n) is 6.67. The number of amides is 2. The Labute approximate surface area is 151 Å². The zero-order chi connectivity index (χ0) is 18.4.